The van der Waals surface area contributed by atoms with E-state index in [0.717, 1.165) is 28.2 Å². The first-order chi connectivity index (χ1) is 9.67. The first-order valence-corrected chi connectivity index (χ1v) is 8.92. The molecule has 1 unspecified atom stereocenters. The van der Waals surface area contributed by atoms with Crippen LogP contribution in [0.2, 0.25) is 4.34 Å². The van der Waals surface area contributed by atoms with Gasteiger partial charge in [-0.2, -0.15) is 0 Å². The second-order valence-electron chi connectivity index (χ2n) is 4.71. The molecule has 0 fully saturated rings. The third-order valence-electron chi connectivity index (χ3n) is 3.29. The lowest BCUT2D eigenvalue weighted by Gasteiger charge is -2.20. The molecule has 0 amide bonds. The number of hydrogen-bond acceptors (Lipinski definition) is 2. The van der Waals surface area contributed by atoms with Crippen molar-refractivity contribution < 1.29 is 0 Å². The van der Waals surface area contributed by atoms with E-state index in [-0.39, 0.29) is 6.04 Å². The van der Waals surface area contributed by atoms with Crippen molar-refractivity contribution in [1.29, 1.82) is 0 Å². The summed E-state index contributed by atoms with van der Waals surface area (Å²) in [6, 6.07) is 11.0. The largest absolute Gasteiger partial charge is 0.306 e. The van der Waals surface area contributed by atoms with Crippen LogP contribution in [-0.4, -0.2) is 6.54 Å². The fraction of sp³-hybridized carbons (Fsp3) is 0.375. The van der Waals surface area contributed by atoms with Crippen LogP contribution >= 0.6 is 38.9 Å². The zero-order valence-electron chi connectivity index (χ0n) is 11.7. The molecule has 0 spiro atoms. The van der Waals surface area contributed by atoms with Gasteiger partial charge in [-0.25, -0.2) is 0 Å². The average molecular weight is 373 g/mol. The lowest BCUT2D eigenvalue weighted by molar-refractivity contribution is 0.602. The van der Waals surface area contributed by atoms with E-state index in [0.29, 0.717) is 0 Å². The second kappa shape index (κ2) is 7.60. The van der Waals surface area contributed by atoms with E-state index < -0.39 is 0 Å². The Morgan fingerprint density at radius 1 is 1.30 bits per heavy atom. The molecular formula is C16H19BrClNS. The number of thiophene rings is 1. The highest BCUT2D eigenvalue weighted by Crippen LogP contribution is 2.38. The maximum Gasteiger partial charge on any atom is 0.107 e. The zero-order valence-corrected chi connectivity index (χ0v) is 14.9. The maximum atomic E-state index is 6.21. The predicted molar refractivity (Wildman–Crippen MR) is 93.0 cm³/mol. The minimum Gasteiger partial charge on any atom is -0.306 e. The molecule has 0 saturated carbocycles. The van der Waals surface area contributed by atoms with Crippen molar-refractivity contribution in [3.05, 3.63) is 55.1 Å². The number of hydrogen-bond donors (Lipinski definition) is 1. The standard InChI is InChI=1S/C16H19BrClNS/c1-3-9-19-15(14-10-13(17)16(18)20-14)12-8-6-5-7-11(12)4-2/h5-8,10,15,19H,3-4,9H2,1-2H3. The fourth-order valence-electron chi connectivity index (χ4n) is 2.30. The highest BCUT2D eigenvalue weighted by molar-refractivity contribution is 9.10. The molecule has 20 heavy (non-hydrogen) atoms. The summed E-state index contributed by atoms with van der Waals surface area (Å²) < 4.78 is 1.80. The quantitative estimate of drug-likeness (QED) is 0.674. The van der Waals surface area contributed by atoms with E-state index >= 15 is 0 Å². The summed E-state index contributed by atoms with van der Waals surface area (Å²) in [5.74, 6) is 0. The Morgan fingerprint density at radius 2 is 2.05 bits per heavy atom. The lowest BCUT2D eigenvalue weighted by atomic mass is 9.97. The van der Waals surface area contributed by atoms with Crippen LogP contribution in [0.1, 0.15) is 42.3 Å². The Hall–Kier alpha value is -0.350. The third kappa shape index (κ3) is 3.64. The summed E-state index contributed by atoms with van der Waals surface area (Å²) in [7, 11) is 0. The molecule has 2 rings (SSSR count). The highest BCUT2D eigenvalue weighted by Gasteiger charge is 2.19. The van der Waals surface area contributed by atoms with Crippen LogP contribution in [0.3, 0.4) is 0 Å². The molecule has 4 heteroatoms. The number of benzene rings is 1. The van der Waals surface area contributed by atoms with Crippen LogP contribution in [0.4, 0.5) is 0 Å². The van der Waals surface area contributed by atoms with Crippen LogP contribution in [-0.2, 0) is 6.42 Å². The van der Waals surface area contributed by atoms with Gasteiger partial charge in [0.15, 0.2) is 0 Å². The van der Waals surface area contributed by atoms with Crippen LogP contribution in [0.25, 0.3) is 0 Å². The third-order valence-corrected chi connectivity index (χ3v) is 5.83. The van der Waals surface area contributed by atoms with E-state index in [4.69, 9.17) is 11.6 Å². The first kappa shape index (κ1) is 16.0. The zero-order chi connectivity index (χ0) is 14.5. The normalized spacial score (nSPS) is 12.6. The van der Waals surface area contributed by atoms with Crippen molar-refractivity contribution >= 4 is 38.9 Å². The number of aryl methyl sites for hydroxylation is 1. The van der Waals surface area contributed by atoms with E-state index in [2.05, 4.69) is 65.4 Å². The van der Waals surface area contributed by atoms with Crippen molar-refractivity contribution in [2.75, 3.05) is 6.54 Å². The summed E-state index contributed by atoms with van der Waals surface area (Å²) >= 11 is 11.4. The van der Waals surface area contributed by atoms with Gasteiger partial charge in [0.1, 0.15) is 4.34 Å². The van der Waals surface area contributed by atoms with Gasteiger partial charge in [0.05, 0.1) is 6.04 Å². The SMILES string of the molecule is CCCNC(c1cc(Br)c(Cl)s1)c1ccccc1CC. The van der Waals surface area contributed by atoms with E-state index in [1.54, 1.807) is 11.3 Å². The number of nitrogens with one attached hydrogen (secondary N) is 1. The topological polar surface area (TPSA) is 12.0 Å². The van der Waals surface area contributed by atoms with Gasteiger partial charge in [-0.15, -0.1) is 11.3 Å². The summed E-state index contributed by atoms with van der Waals surface area (Å²) in [4.78, 5) is 1.26. The summed E-state index contributed by atoms with van der Waals surface area (Å²) in [5.41, 5.74) is 2.75. The Balaban J connectivity index is 2.41. The number of halogens is 2. The Labute approximate surface area is 138 Å². The minimum absolute atomic E-state index is 0.222. The van der Waals surface area contributed by atoms with Gasteiger partial charge in [-0.3, -0.25) is 0 Å². The van der Waals surface area contributed by atoms with Gasteiger partial charge >= 0.3 is 0 Å². The monoisotopic (exact) mass is 371 g/mol. The average Bonchev–Trinajstić information content (AvgIpc) is 2.79. The second-order valence-corrected chi connectivity index (χ2v) is 7.25. The maximum absolute atomic E-state index is 6.21. The minimum atomic E-state index is 0.222. The Morgan fingerprint density at radius 3 is 2.65 bits per heavy atom. The number of rotatable bonds is 6. The van der Waals surface area contributed by atoms with Gasteiger partial charge in [0.25, 0.3) is 0 Å². The van der Waals surface area contributed by atoms with Gasteiger partial charge in [0, 0.05) is 9.35 Å². The van der Waals surface area contributed by atoms with Crippen LogP contribution in [0.15, 0.2) is 34.8 Å². The van der Waals surface area contributed by atoms with Crippen molar-refractivity contribution in [1.82, 2.24) is 5.32 Å². The molecule has 0 radical (unpaired) electrons. The summed E-state index contributed by atoms with van der Waals surface area (Å²) in [5, 5.41) is 3.65. The van der Waals surface area contributed by atoms with Crippen LogP contribution in [0.5, 0.6) is 0 Å². The van der Waals surface area contributed by atoms with Crippen molar-refractivity contribution in [3.8, 4) is 0 Å². The molecule has 1 aromatic heterocycles. The van der Waals surface area contributed by atoms with E-state index in [1.807, 2.05) is 0 Å². The summed E-state index contributed by atoms with van der Waals surface area (Å²) in [6.45, 7) is 5.38. The van der Waals surface area contributed by atoms with E-state index in [1.165, 1.54) is 16.0 Å². The van der Waals surface area contributed by atoms with E-state index in [9.17, 15) is 0 Å². The molecule has 1 heterocycles. The molecule has 0 aliphatic carbocycles. The Bertz CT molecular complexity index is 548. The Kier molecular flexibility index (Phi) is 6.09. The molecule has 1 N–H and O–H groups in total. The highest BCUT2D eigenvalue weighted by atomic mass is 79.9. The molecule has 108 valence electrons. The molecule has 2 aromatic rings. The molecular weight excluding hydrogens is 354 g/mol. The molecule has 1 nitrogen and oxygen atoms in total. The van der Waals surface area contributed by atoms with Crippen LogP contribution in [0, 0.1) is 0 Å². The smallest absolute Gasteiger partial charge is 0.107 e. The molecule has 0 aliphatic rings. The van der Waals surface area contributed by atoms with Gasteiger partial charge < -0.3 is 5.32 Å². The van der Waals surface area contributed by atoms with Crippen molar-refractivity contribution in [3.63, 3.8) is 0 Å². The van der Waals surface area contributed by atoms with Gasteiger partial charge in [0.2, 0.25) is 0 Å². The molecule has 1 aromatic carbocycles. The van der Waals surface area contributed by atoms with Crippen molar-refractivity contribution in [2.24, 2.45) is 0 Å². The van der Waals surface area contributed by atoms with Gasteiger partial charge in [-0.1, -0.05) is 49.7 Å². The predicted octanol–water partition coefficient (Wildman–Crippen LogP) is 5.82. The molecule has 0 bridgehead atoms. The lowest BCUT2D eigenvalue weighted by Crippen LogP contribution is -2.23. The van der Waals surface area contributed by atoms with Crippen LogP contribution < -0.4 is 5.32 Å². The van der Waals surface area contributed by atoms with Crippen molar-refractivity contribution in [2.45, 2.75) is 32.7 Å². The molecule has 0 aliphatic heterocycles. The molecule has 1 atom stereocenters. The van der Waals surface area contributed by atoms with Gasteiger partial charge in [-0.05, 0) is 52.5 Å². The fourth-order valence-corrected chi connectivity index (χ4v) is 4.13. The summed E-state index contributed by atoms with van der Waals surface area (Å²) in [6.07, 6.45) is 2.16. The molecule has 0 saturated heterocycles. The first-order valence-electron chi connectivity index (χ1n) is 6.93.